The number of hydrogen-bond donors (Lipinski definition) is 0. The molecule has 0 N–H and O–H groups in total. The maximum absolute atomic E-state index is 5.27. The van der Waals surface area contributed by atoms with Gasteiger partial charge in [0.2, 0.25) is 5.95 Å². The highest BCUT2D eigenvalue weighted by Gasteiger charge is 2.20. The lowest BCUT2D eigenvalue weighted by Gasteiger charge is -2.19. The summed E-state index contributed by atoms with van der Waals surface area (Å²) in [5, 5.41) is 3.46. The molecule has 4 heteroatoms. The summed E-state index contributed by atoms with van der Waals surface area (Å²) < 4.78 is 4.51. The quantitative estimate of drug-likeness (QED) is 0.230. The number of rotatable bonds is 2. The average molecular weight is 517 g/mol. The number of para-hydroxylation sites is 4. The van der Waals surface area contributed by atoms with E-state index in [1.165, 1.54) is 27.5 Å². The van der Waals surface area contributed by atoms with E-state index in [4.69, 9.17) is 9.97 Å². The lowest BCUT2D eigenvalue weighted by atomic mass is 9.86. The summed E-state index contributed by atoms with van der Waals surface area (Å²) in [5.74, 6) is 0.843. The van der Waals surface area contributed by atoms with Gasteiger partial charge in [0.15, 0.2) is 0 Å². The highest BCUT2D eigenvalue weighted by molar-refractivity contribution is 6.10. The first-order chi connectivity index (χ1) is 19.5. The first-order valence-corrected chi connectivity index (χ1v) is 13.8. The summed E-state index contributed by atoms with van der Waals surface area (Å²) in [6, 6.07) is 41.0. The van der Waals surface area contributed by atoms with Crippen molar-refractivity contribution in [2.24, 2.45) is 0 Å². The zero-order valence-electron chi connectivity index (χ0n) is 22.8. The largest absolute Gasteiger partial charge is 0.279 e. The number of hydrogen-bond acceptors (Lipinski definition) is 2. The minimum Gasteiger partial charge on any atom is -0.279 e. The molecule has 0 aliphatic carbocycles. The molecule has 4 nitrogen and oxygen atoms in total. The van der Waals surface area contributed by atoms with Gasteiger partial charge >= 0.3 is 0 Å². The zero-order valence-corrected chi connectivity index (χ0v) is 22.8. The molecule has 0 saturated carbocycles. The molecule has 0 radical (unpaired) electrons. The standard InChI is InChI=1S/C36H28N4/c1-36(2,3)25-19-16-23(17-20-25)24-18-21-32-28(22-24)26-10-5-8-14-31(26)39(32)35-38-29-12-6-4-11-27(29)34-37-30-13-7-9-15-33(30)40(34)35/h4-22H,1-3H3. The van der Waals surface area contributed by atoms with Crippen molar-refractivity contribution in [1.82, 2.24) is 18.9 Å². The second-order valence-corrected chi connectivity index (χ2v) is 11.6. The van der Waals surface area contributed by atoms with Gasteiger partial charge in [-0.05, 0) is 64.6 Å². The molecule has 0 amide bonds. The van der Waals surface area contributed by atoms with Crippen molar-refractivity contribution in [3.05, 3.63) is 121 Å². The number of fused-ring (bicyclic) bond motifs is 8. The predicted octanol–water partition coefficient (Wildman–Crippen LogP) is 9.10. The monoisotopic (exact) mass is 516 g/mol. The fourth-order valence-electron chi connectivity index (χ4n) is 6.01. The molecule has 0 fully saturated rings. The average Bonchev–Trinajstić information content (AvgIpc) is 3.53. The number of imidazole rings is 1. The molecular formula is C36H28N4. The summed E-state index contributed by atoms with van der Waals surface area (Å²) in [6.07, 6.45) is 0. The predicted molar refractivity (Wildman–Crippen MR) is 166 cm³/mol. The van der Waals surface area contributed by atoms with E-state index in [2.05, 4.69) is 133 Å². The first kappa shape index (κ1) is 23.0. The van der Waals surface area contributed by atoms with Crippen molar-refractivity contribution in [2.45, 2.75) is 26.2 Å². The third-order valence-electron chi connectivity index (χ3n) is 8.08. The van der Waals surface area contributed by atoms with E-state index in [1.54, 1.807) is 0 Å². The van der Waals surface area contributed by atoms with Gasteiger partial charge in [0.25, 0.3) is 0 Å². The molecule has 0 aliphatic heterocycles. The molecule has 0 unspecified atom stereocenters. The number of benzene rings is 5. The van der Waals surface area contributed by atoms with E-state index in [1.807, 2.05) is 12.1 Å². The second-order valence-electron chi connectivity index (χ2n) is 11.6. The van der Waals surface area contributed by atoms with Gasteiger partial charge in [0.05, 0.1) is 27.6 Å². The van der Waals surface area contributed by atoms with Crippen LogP contribution in [0.3, 0.4) is 0 Å². The van der Waals surface area contributed by atoms with Crippen LogP contribution in [0.1, 0.15) is 26.3 Å². The minimum absolute atomic E-state index is 0.131. The van der Waals surface area contributed by atoms with Gasteiger partial charge in [-0.1, -0.05) is 93.6 Å². The van der Waals surface area contributed by atoms with Gasteiger partial charge < -0.3 is 0 Å². The van der Waals surface area contributed by atoms with E-state index < -0.39 is 0 Å². The second kappa shape index (κ2) is 8.27. The topological polar surface area (TPSA) is 35.1 Å². The minimum atomic E-state index is 0.131. The summed E-state index contributed by atoms with van der Waals surface area (Å²) in [7, 11) is 0. The van der Waals surface area contributed by atoms with Crippen LogP contribution in [0.2, 0.25) is 0 Å². The van der Waals surface area contributed by atoms with Gasteiger partial charge in [-0.2, -0.15) is 0 Å². The normalized spacial score (nSPS) is 12.4. The molecule has 0 spiro atoms. The lowest BCUT2D eigenvalue weighted by Crippen LogP contribution is -2.10. The van der Waals surface area contributed by atoms with E-state index in [0.29, 0.717) is 0 Å². The summed E-state index contributed by atoms with van der Waals surface area (Å²) in [6.45, 7) is 6.76. The fourth-order valence-corrected chi connectivity index (χ4v) is 6.01. The molecular weight excluding hydrogens is 488 g/mol. The molecule has 8 rings (SSSR count). The molecule has 192 valence electrons. The lowest BCUT2D eigenvalue weighted by molar-refractivity contribution is 0.590. The molecule has 40 heavy (non-hydrogen) atoms. The Morgan fingerprint density at radius 2 is 1.15 bits per heavy atom. The fraction of sp³-hybridized carbons (Fsp3) is 0.111. The van der Waals surface area contributed by atoms with Crippen LogP contribution in [0.15, 0.2) is 115 Å². The Hall–Kier alpha value is -4.96. The Morgan fingerprint density at radius 1 is 0.525 bits per heavy atom. The molecule has 0 aliphatic rings. The third-order valence-corrected chi connectivity index (χ3v) is 8.08. The van der Waals surface area contributed by atoms with Gasteiger partial charge in [0, 0.05) is 16.2 Å². The van der Waals surface area contributed by atoms with Crippen molar-refractivity contribution in [2.75, 3.05) is 0 Å². The van der Waals surface area contributed by atoms with E-state index in [9.17, 15) is 0 Å². The van der Waals surface area contributed by atoms with Crippen LogP contribution in [0.5, 0.6) is 0 Å². The van der Waals surface area contributed by atoms with Gasteiger partial charge in [-0.25, -0.2) is 9.97 Å². The van der Waals surface area contributed by atoms with E-state index in [-0.39, 0.29) is 5.41 Å². The van der Waals surface area contributed by atoms with Crippen LogP contribution in [0.25, 0.3) is 66.5 Å². The van der Waals surface area contributed by atoms with Gasteiger partial charge in [-0.15, -0.1) is 0 Å². The van der Waals surface area contributed by atoms with E-state index in [0.717, 1.165) is 44.6 Å². The van der Waals surface area contributed by atoms with Crippen LogP contribution in [-0.2, 0) is 5.41 Å². The maximum Gasteiger partial charge on any atom is 0.221 e. The van der Waals surface area contributed by atoms with Crippen molar-refractivity contribution in [3.63, 3.8) is 0 Å². The summed E-state index contributed by atoms with van der Waals surface area (Å²) in [4.78, 5) is 10.3. The first-order valence-electron chi connectivity index (χ1n) is 13.8. The molecule has 3 heterocycles. The van der Waals surface area contributed by atoms with Crippen molar-refractivity contribution < 1.29 is 0 Å². The number of aromatic nitrogens is 4. The smallest absolute Gasteiger partial charge is 0.221 e. The van der Waals surface area contributed by atoms with Crippen molar-refractivity contribution in [3.8, 4) is 17.1 Å². The van der Waals surface area contributed by atoms with Crippen LogP contribution in [0.4, 0.5) is 0 Å². The van der Waals surface area contributed by atoms with Crippen molar-refractivity contribution >= 4 is 49.4 Å². The van der Waals surface area contributed by atoms with Gasteiger partial charge in [0.1, 0.15) is 5.65 Å². The molecule has 8 aromatic rings. The summed E-state index contributed by atoms with van der Waals surface area (Å²) >= 11 is 0. The molecule has 0 bridgehead atoms. The Kier molecular flexibility index (Phi) is 4.75. The van der Waals surface area contributed by atoms with Crippen molar-refractivity contribution in [1.29, 1.82) is 0 Å². The Morgan fingerprint density at radius 3 is 1.93 bits per heavy atom. The number of nitrogens with zero attached hydrogens (tertiary/aromatic N) is 4. The zero-order chi connectivity index (χ0) is 27.0. The maximum atomic E-state index is 5.27. The van der Waals surface area contributed by atoms with Crippen LogP contribution < -0.4 is 0 Å². The van der Waals surface area contributed by atoms with Crippen LogP contribution in [0, 0.1) is 0 Å². The Labute approximate surface area is 232 Å². The van der Waals surface area contributed by atoms with Gasteiger partial charge in [-0.3, -0.25) is 8.97 Å². The highest BCUT2D eigenvalue weighted by Crippen LogP contribution is 2.36. The van der Waals surface area contributed by atoms with Crippen LogP contribution in [-0.4, -0.2) is 18.9 Å². The molecule has 3 aromatic heterocycles. The molecule has 0 saturated heterocycles. The third kappa shape index (κ3) is 3.32. The molecule has 5 aromatic carbocycles. The molecule has 0 atom stereocenters. The van der Waals surface area contributed by atoms with E-state index >= 15 is 0 Å². The Bertz CT molecular complexity index is 2240. The highest BCUT2D eigenvalue weighted by atomic mass is 15.2. The summed E-state index contributed by atoms with van der Waals surface area (Å²) in [5.41, 5.74) is 10.0. The van der Waals surface area contributed by atoms with Crippen LogP contribution >= 0.6 is 0 Å². The SMILES string of the molecule is CC(C)(C)c1ccc(-c2ccc3c(c2)c2ccccc2n3-c2nc3ccccc3c3nc4ccccc4n23)cc1. The Balaban J connectivity index is 1.44.